The zero-order valence-electron chi connectivity index (χ0n) is 12.0. The SMILES string of the molecule is COCCCCC/C=C/c1c(O)ccc2ccccc12. The molecule has 0 aliphatic carbocycles. The molecule has 1 N–H and O–H groups in total. The van der Waals surface area contributed by atoms with Gasteiger partial charge in [-0.1, -0.05) is 48.9 Å². The Hall–Kier alpha value is -1.80. The molecule has 0 saturated heterocycles. The van der Waals surface area contributed by atoms with Crippen LogP contribution in [0.3, 0.4) is 0 Å². The summed E-state index contributed by atoms with van der Waals surface area (Å²) < 4.78 is 5.03. The fourth-order valence-corrected chi connectivity index (χ4v) is 2.35. The van der Waals surface area contributed by atoms with Crippen LogP contribution in [0.5, 0.6) is 5.75 Å². The highest BCUT2D eigenvalue weighted by Gasteiger charge is 2.02. The van der Waals surface area contributed by atoms with E-state index in [0.29, 0.717) is 5.75 Å². The third kappa shape index (κ3) is 3.84. The van der Waals surface area contributed by atoms with E-state index >= 15 is 0 Å². The molecule has 2 aromatic rings. The highest BCUT2D eigenvalue weighted by molar-refractivity contribution is 5.92. The predicted octanol–water partition coefficient (Wildman–Crippen LogP) is 4.77. The Morgan fingerprint density at radius 1 is 1.05 bits per heavy atom. The number of hydrogen-bond acceptors (Lipinski definition) is 2. The first-order valence-corrected chi connectivity index (χ1v) is 7.19. The molecule has 0 saturated carbocycles. The van der Waals surface area contributed by atoms with Crippen molar-refractivity contribution in [1.82, 2.24) is 0 Å². The molecule has 2 nitrogen and oxygen atoms in total. The summed E-state index contributed by atoms with van der Waals surface area (Å²) in [6, 6.07) is 11.9. The molecule has 0 spiro atoms. The third-order valence-electron chi connectivity index (χ3n) is 3.45. The first-order chi connectivity index (χ1) is 9.83. The molecule has 0 bridgehead atoms. The van der Waals surface area contributed by atoms with Gasteiger partial charge in [-0.3, -0.25) is 0 Å². The van der Waals surface area contributed by atoms with Crippen molar-refractivity contribution in [3.8, 4) is 5.75 Å². The van der Waals surface area contributed by atoms with Crippen LogP contribution in [0.2, 0.25) is 0 Å². The van der Waals surface area contributed by atoms with E-state index in [1.807, 2.05) is 30.3 Å². The number of phenolic OH excluding ortho intramolecular Hbond substituents is 1. The van der Waals surface area contributed by atoms with Crippen LogP contribution in [0.15, 0.2) is 42.5 Å². The molecular formula is C18H22O2. The zero-order chi connectivity index (χ0) is 14.2. The number of rotatable bonds is 7. The lowest BCUT2D eigenvalue weighted by molar-refractivity contribution is 0.192. The molecule has 20 heavy (non-hydrogen) atoms. The summed E-state index contributed by atoms with van der Waals surface area (Å²) in [5.74, 6) is 0.347. The monoisotopic (exact) mass is 270 g/mol. The number of methoxy groups -OCH3 is 1. The van der Waals surface area contributed by atoms with Crippen molar-refractivity contribution in [3.05, 3.63) is 48.0 Å². The zero-order valence-corrected chi connectivity index (χ0v) is 12.0. The van der Waals surface area contributed by atoms with Crippen LogP contribution in [0.4, 0.5) is 0 Å². The molecule has 0 aliphatic heterocycles. The predicted molar refractivity (Wildman–Crippen MR) is 85.0 cm³/mol. The van der Waals surface area contributed by atoms with Crippen LogP contribution in [-0.2, 0) is 4.74 Å². The van der Waals surface area contributed by atoms with Crippen LogP contribution in [-0.4, -0.2) is 18.8 Å². The second-order valence-corrected chi connectivity index (χ2v) is 4.96. The van der Waals surface area contributed by atoms with Gasteiger partial charge in [0.1, 0.15) is 5.75 Å². The smallest absolute Gasteiger partial charge is 0.123 e. The maximum Gasteiger partial charge on any atom is 0.123 e. The van der Waals surface area contributed by atoms with Gasteiger partial charge < -0.3 is 9.84 Å². The van der Waals surface area contributed by atoms with E-state index in [9.17, 15) is 5.11 Å². The van der Waals surface area contributed by atoms with Crippen molar-refractivity contribution in [2.75, 3.05) is 13.7 Å². The molecule has 2 heteroatoms. The topological polar surface area (TPSA) is 29.5 Å². The van der Waals surface area contributed by atoms with E-state index in [0.717, 1.165) is 42.2 Å². The molecule has 0 radical (unpaired) electrons. The Balaban J connectivity index is 2.00. The minimum absolute atomic E-state index is 0.347. The summed E-state index contributed by atoms with van der Waals surface area (Å²) in [6.45, 7) is 0.841. The maximum atomic E-state index is 10.0. The summed E-state index contributed by atoms with van der Waals surface area (Å²) >= 11 is 0. The molecule has 2 rings (SSSR count). The van der Waals surface area contributed by atoms with Crippen molar-refractivity contribution >= 4 is 16.8 Å². The van der Waals surface area contributed by atoms with E-state index in [1.54, 1.807) is 13.2 Å². The molecule has 0 aromatic heterocycles. The van der Waals surface area contributed by atoms with Gasteiger partial charge in [-0.2, -0.15) is 0 Å². The van der Waals surface area contributed by atoms with Gasteiger partial charge in [-0.25, -0.2) is 0 Å². The fraction of sp³-hybridized carbons (Fsp3) is 0.333. The van der Waals surface area contributed by atoms with Crippen LogP contribution >= 0.6 is 0 Å². The average Bonchev–Trinajstić information content (AvgIpc) is 2.48. The van der Waals surface area contributed by atoms with Gasteiger partial charge in [0.15, 0.2) is 0 Å². The average molecular weight is 270 g/mol. The molecule has 0 atom stereocenters. The van der Waals surface area contributed by atoms with Gasteiger partial charge >= 0.3 is 0 Å². The first kappa shape index (κ1) is 14.6. The number of phenols is 1. The summed E-state index contributed by atoms with van der Waals surface area (Å²) in [6.07, 6.45) is 8.67. The van der Waals surface area contributed by atoms with Gasteiger partial charge in [0.25, 0.3) is 0 Å². The van der Waals surface area contributed by atoms with E-state index in [-0.39, 0.29) is 0 Å². The summed E-state index contributed by atoms with van der Waals surface area (Å²) in [5, 5.41) is 12.3. The Morgan fingerprint density at radius 3 is 2.75 bits per heavy atom. The number of allylic oxidation sites excluding steroid dienone is 1. The highest BCUT2D eigenvalue weighted by atomic mass is 16.5. The Morgan fingerprint density at radius 2 is 1.90 bits per heavy atom. The number of fused-ring (bicyclic) bond motifs is 1. The highest BCUT2D eigenvalue weighted by Crippen LogP contribution is 2.28. The van der Waals surface area contributed by atoms with Gasteiger partial charge in [-0.15, -0.1) is 0 Å². The molecule has 2 aromatic carbocycles. The number of hydrogen-bond donors (Lipinski definition) is 1. The summed E-state index contributed by atoms with van der Waals surface area (Å²) in [7, 11) is 1.74. The van der Waals surface area contributed by atoms with E-state index < -0.39 is 0 Å². The maximum absolute atomic E-state index is 10.0. The minimum atomic E-state index is 0.347. The van der Waals surface area contributed by atoms with Crippen molar-refractivity contribution in [1.29, 1.82) is 0 Å². The Labute approximate surface area is 120 Å². The van der Waals surface area contributed by atoms with Gasteiger partial charge in [-0.05, 0) is 36.1 Å². The van der Waals surface area contributed by atoms with Gasteiger partial charge in [0, 0.05) is 19.3 Å². The number of ether oxygens (including phenoxy) is 1. The molecule has 0 amide bonds. The first-order valence-electron chi connectivity index (χ1n) is 7.19. The van der Waals surface area contributed by atoms with E-state index in [4.69, 9.17) is 4.74 Å². The van der Waals surface area contributed by atoms with Crippen LogP contribution in [0.1, 0.15) is 31.2 Å². The van der Waals surface area contributed by atoms with Crippen molar-refractivity contribution in [3.63, 3.8) is 0 Å². The van der Waals surface area contributed by atoms with Crippen molar-refractivity contribution in [2.24, 2.45) is 0 Å². The summed E-state index contributed by atoms with van der Waals surface area (Å²) in [5.41, 5.74) is 0.917. The molecule has 0 unspecified atom stereocenters. The number of unbranched alkanes of at least 4 members (excludes halogenated alkanes) is 3. The van der Waals surface area contributed by atoms with E-state index in [2.05, 4.69) is 12.1 Å². The van der Waals surface area contributed by atoms with Crippen LogP contribution in [0, 0.1) is 0 Å². The van der Waals surface area contributed by atoms with E-state index in [1.165, 1.54) is 6.42 Å². The Kier molecular flexibility index (Phi) is 5.63. The molecule has 0 fully saturated rings. The standard InChI is InChI=1S/C18H22O2/c1-20-14-8-4-2-3-5-11-17-16-10-7-6-9-15(16)12-13-18(17)19/h5-7,9-13,19H,2-4,8,14H2,1H3/b11-5+. The minimum Gasteiger partial charge on any atom is -0.507 e. The summed E-state index contributed by atoms with van der Waals surface area (Å²) in [4.78, 5) is 0. The number of benzene rings is 2. The Bertz CT molecular complexity index is 573. The van der Waals surface area contributed by atoms with Crippen LogP contribution < -0.4 is 0 Å². The van der Waals surface area contributed by atoms with Crippen molar-refractivity contribution in [2.45, 2.75) is 25.7 Å². The lowest BCUT2D eigenvalue weighted by atomic mass is 10.0. The third-order valence-corrected chi connectivity index (χ3v) is 3.45. The van der Waals surface area contributed by atoms with Gasteiger partial charge in [0.05, 0.1) is 0 Å². The second-order valence-electron chi connectivity index (χ2n) is 4.96. The molecule has 0 heterocycles. The second kappa shape index (κ2) is 7.71. The molecular weight excluding hydrogens is 248 g/mol. The molecule has 0 aliphatic rings. The van der Waals surface area contributed by atoms with Crippen LogP contribution in [0.25, 0.3) is 16.8 Å². The van der Waals surface area contributed by atoms with Gasteiger partial charge in [0.2, 0.25) is 0 Å². The van der Waals surface area contributed by atoms with Crippen molar-refractivity contribution < 1.29 is 9.84 Å². The number of aromatic hydroxyl groups is 1. The normalized spacial score (nSPS) is 11.4. The largest absolute Gasteiger partial charge is 0.507 e. The quantitative estimate of drug-likeness (QED) is 0.735. The lowest BCUT2D eigenvalue weighted by Gasteiger charge is -2.05. The lowest BCUT2D eigenvalue weighted by Crippen LogP contribution is -1.87. The fourth-order valence-electron chi connectivity index (χ4n) is 2.35. The molecule has 106 valence electrons.